The van der Waals surface area contributed by atoms with Crippen molar-refractivity contribution in [2.24, 2.45) is 5.92 Å². The van der Waals surface area contributed by atoms with E-state index in [1.165, 1.54) is 15.6 Å². The summed E-state index contributed by atoms with van der Waals surface area (Å²) in [7, 11) is 0. The van der Waals surface area contributed by atoms with Crippen molar-refractivity contribution < 1.29 is 9.59 Å². The molecule has 2 aliphatic rings. The van der Waals surface area contributed by atoms with E-state index in [-0.39, 0.29) is 24.2 Å². The summed E-state index contributed by atoms with van der Waals surface area (Å²) < 4.78 is 5.98. The predicted octanol–water partition coefficient (Wildman–Crippen LogP) is 5.07. The highest BCUT2D eigenvalue weighted by molar-refractivity contribution is 7.13. The standard InChI is InChI=1S/C31H32N4O2S/c1-22-19-25-20-23(11-12-27(25)35(31(22)37)21-28(36)24-7-3-2-4-8-24)13-14-33-15-17-34(18-16-33)30-26-9-5-6-10-29(26)38-32-30/h2-12,20,22H,13-19,21H2,1H3. The number of carbonyl (C=O) groups excluding carboxylic acids is 2. The summed E-state index contributed by atoms with van der Waals surface area (Å²) in [6, 6.07) is 24.1. The Morgan fingerprint density at radius 1 is 0.974 bits per heavy atom. The summed E-state index contributed by atoms with van der Waals surface area (Å²) >= 11 is 1.58. The smallest absolute Gasteiger partial charge is 0.230 e. The number of carbonyl (C=O) groups is 2. The SMILES string of the molecule is CC1Cc2cc(CCN3CCN(c4nsc5ccccc45)CC3)ccc2N(CC(=O)c2ccccc2)C1=O. The maximum atomic E-state index is 13.0. The van der Waals surface area contributed by atoms with Crippen LogP contribution < -0.4 is 9.80 Å². The number of ketones is 1. The van der Waals surface area contributed by atoms with Crippen molar-refractivity contribution >= 4 is 44.8 Å². The molecule has 1 atom stereocenters. The summed E-state index contributed by atoms with van der Waals surface area (Å²) in [6.45, 7) is 7.08. The zero-order chi connectivity index (χ0) is 26.1. The van der Waals surface area contributed by atoms with Gasteiger partial charge in [-0.3, -0.25) is 14.5 Å². The molecule has 0 aliphatic carbocycles. The largest absolute Gasteiger partial charge is 0.353 e. The Balaban J connectivity index is 1.08. The number of nitrogens with zero attached hydrogens (tertiary/aromatic N) is 4. The molecule has 7 heteroatoms. The summed E-state index contributed by atoms with van der Waals surface area (Å²) in [5.74, 6) is 0.989. The summed E-state index contributed by atoms with van der Waals surface area (Å²) in [5.41, 5.74) is 3.97. The minimum Gasteiger partial charge on any atom is -0.353 e. The van der Waals surface area contributed by atoms with E-state index in [1.807, 2.05) is 43.3 Å². The number of rotatable bonds is 7. The van der Waals surface area contributed by atoms with Crippen LogP contribution in [0.2, 0.25) is 0 Å². The number of piperazine rings is 1. The summed E-state index contributed by atoms with van der Waals surface area (Å²) in [5, 5.41) is 1.26. The van der Waals surface area contributed by atoms with Crippen LogP contribution in [0, 0.1) is 5.92 Å². The van der Waals surface area contributed by atoms with Gasteiger partial charge in [-0.2, -0.15) is 4.37 Å². The molecule has 0 saturated carbocycles. The van der Waals surface area contributed by atoms with Crippen LogP contribution >= 0.6 is 11.5 Å². The Kier molecular flexibility index (Phi) is 6.96. The number of aromatic nitrogens is 1. The molecule has 1 aromatic heterocycles. The van der Waals surface area contributed by atoms with Crippen LogP contribution in [0.25, 0.3) is 10.1 Å². The van der Waals surface area contributed by atoms with Gasteiger partial charge in [0.15, 0.2) is 5.78 Å². The molecule has 1 fully saturated rings. The van der Waals surface area contributed by atoms with Crippen molar-refractivity contribution in [3.05, 3.63) is 89.5 Å². The zero-order valence-corrected chi connectivity index (χ0v) is 22.5. The molecule has 1 amide bonds. The van der Waals surface area contributed by atoms with E-state index in [2.05, 4.69) is 46.2 Å². The third-order valence-corrected chi connectivity index (χ3v) is 8.61. The minimum absolute atomic E-state index is 0.0280. The lowest BCUT2D eigenvalue weighted by Crippen LogP contribution is -2.47. The van der Waals surface area contributed by atoms with Crippen LogP contribution in [0.15, 0.2) is 72.8 Å². The van der Waals surface area contributed by atoms with Gasteiger partial charge in [-0.1, -0.05) is 61.5 Å². The maximum Gasteiger partial charge on any atom is 0.230 e. The molecule has 0 radical (unpaired) electrons. The Morgan fingerprint density at radius 2 is 1.74 bits per heavy atom. The van der Waals surface area contributed by atoms with Crippen LogP contribution in [0.4, 0.5) is 11.5 Å². The number of hydrogen-bond donors (Lipinski definition) is 0. The molecule has 4 aromatic rings. The highest BCUT2D eigenvalue weighted by Crippen LogP contribution is 2.32. The summed E-state index contributed by atoms with van der Waals surface area (Å²) in [6.07, 6.45) is 1.69. The first-order chi connectivity index (χ1) is 18.6. The third-order valence-electron chi connectivity index (χ3n) is 7.79. The quantitative estimate of drug-likeness (QED) is 0.316. The molecule has 3 heterocycles. The number of Topliss-reactive ketones (excluding diaryl/α,β-unsaturated/α-hetero) is 1. The second-order valence-corrected chi connectivity index (χ2v) is 11.2. The van der Waals surface area contributed by atoms with E-state index in [1.54, 1.807) is 16.4 Å². The fourth-order valence-electron chi connectivity index (χ4n) is 5.62. The van der Waals surface area contributed by atoms with Gasteiger partial charge in [-0.25, -0.2) is 0 Å². The molecule has 6 rings (SSSR count). The Hall–Kier alpha value is -3.55. The van der Waals surface area contributed by atoms with E-state index in [0.29, 0.717) is 5.56 Å². The van der Waals surface area contributed by atoms with Gasteiger partial charge in [-0.05, 0) is 53.7 Å². The maximum absolute atomic E-state index is 13.0. The van der Waals surface area contributed by atoms with Crippen LogP contribution in [0.5, 0.6) is 0 Å². The Labute approximate surface area is 227 Å². The monoisotopic (exact) mass is 524 g/mol. The van der Waals surface area contributed by atoms with Crippen molar-refractivity contribution in [2.75, 3.05) is 49.1 Å². The molecule has 0 bridgehead atoms. The normalized spacial score (nSPS) is 18.1. The highest BCUT2D eigenvalue weighted by Gasteiger charge is 2.31. The highest BCUT2D eigenvalue weighted by atomic mass is 32.1. The van der Waals surface area contributed by atoms with Gasteiger partial charge < -0.3 is 9.80 Å². The molecule has 38 heavy (non-hydrogen) atoms. The molecule has 2 aliphatic heterocycles. The first-order valence-electron chi connectivity index (χ1n) is 13.4. The lowest BCUT2D eigenvalue weighted by atomic mass is 9.91. The molecule has 1 saturated heterocycles. The fraction of sp³-hybridized carbons (Fsp3) is 0.323. The first-order valence-corrected chi connectivity index (χ1v) is 14.2. The van der Waals surface area contributed by atoms with Gasteiger partial charge in [0.2, 0.25) is 5.91 Å². The molecule has 1 unspecified atom stereocenters. The second-order valence-electron chi connectivity index (χ2n) is 10.4. The van der Waals surface area contributed by atoms with Gasteiger partial charge in [0.05, 0.1) is 11.2 Å². The number of fused-ring (bicyclic) bond motifs is 2. The summed E-state index contributed by atoms with van der Waals surface area (Å²) in [4.78, 5) is 32.5. The van der Waals surface area contributed by atoms with Crippen LogP contribution in [-0.4, -0.2) is 60.2 Å². The molecular formula is C31H32N4O2S. The first kappa shape index (κ1) is 24.8. The zero-order valence-electron chi connectivity index (χ0n) is 21.7. The van der Waals surface area contributed by atoms with Crippen molar-refractivity contribution in [1.29, 1.82) is 0 Å². The second kappa shape index (κ2) is 10.7. The van der Waals surface area contributed by atoms with Gasteiger partial charge >= 0.3 is 0 Å². The van der Waals surface area contributed by atoms with Gasteiger partial charge in [0.1, 0.15) is 5.82 Å². The van der Waals surface area contributed by atoms with E-state index in [4.69, 9.17) is 4.37 Å². The minimum atomic E-state index is -0.129. The average molecular weight is 525 g/mol. The lowest BCUT2D eigenvalue weighted by Gasteiger charge is -2.35. The van der Waals surface area contributed by atoms with Crippen LogP contribution in [-0.2, 0) is 17.6 Å². The lowest BCUT2D eigenvalue weighted by molar-refractivity contribution is -0.122. The van der Waals surface area contributed by atoms with E-state index in [9.17, 15) is 9.59 Å². The van der Waals surface area contributed by atoms with E-state index in [0.717, 1.165) is 62.6 Å². The van der Waals surface area contributed by atoms with Crippen molar-refractivity contribution in [1.82, 2.24) is 9.27 Å². The van der Waals surface area contributed by atoms with Gasteiger partial charge in [0.25, 0.3) is 0 Å². The Bertz CT molecular complexity index is 1460. The van der Waals surface area contributed by atoms with E-state index < -0.39 is 0 Å². The average Bonchev–Trinajstić information content (AvgIpc) is 3.39. The molecule has 6 nitrogen and oxygen atoms in total. The van der Waals surface area contributed by atoms with Gasteiger partial charge in [0, 0.05) is 55.3 Å². The van der Waals surface area contributed by atoms with Crippen molar-refractivity contribution in [3.63, 3.8) is 0 Å². The number of anilines is 2. The third kappa shape index (κ3) is 4.96. The van der Waals surface area contributed by atoms with Gasteiger partial charge in [-0.15, -0.1) is 0 Å². The fourth-order valence-corrected chi connectivity index (χ4v) is 6.41. The Morgan fingerprint density at radius 3 is 2.55 bits per heavy atom. The molecule has 194 valence electrons. The number of benzene rings is 3. The number of hydrogen-bond acceptors (Lipinski definition) is 6. The number of amides is 1. The topological polar surface area (TPSA) is 56.8 Å². The molecule has 3 aromatic carbocycles. The predicted molar refractivity (Wildman–Crippen MR) is 154 cm³/mol. The molecule has 0 spiro atoms. The van der Waals surface area contributed by atoms with Crippen LogP contribution in [0.3, 0.4) is 0 Å². The molecular weight excluding hydrogens is 492 g/mol. The van der Waals surface area contributed by atoms with E-state index >= 15 is 0 Å². The molecule has 0 N–H and O–H groups in total. The van der Waals surface area contributed by atoms with Crippen molar-refractivity contribution in [3.8, 4) is 0 Å². The van der Waals surface area contributed by atoms with Crippen LogP contribution in [0.1, 0.15) is 28.4 Å². The van der Waals surface area contributed by atoms with Crippen molar-refractivity contribution in [2.45, 2.75) is 19.8 Å².